The molecule has 0 fully saturated rings. The minimum atomic E-state index is 0.294. The van der Waals surface area contributed by atoms with Crippen molar-refractivity contribution in [3.63, 3.8) is 0 Å². The normalized spacial score (nSPS) is 11.6. The van der Waals surface area contributed by atoms with Gasteiger partial charge >= 0.3 is 0 Å². The highest BCUT2D eigenvalue weighted by Crippen LogP contribution is 2.25. The minimum absolute atomic E-state index is 0.294. The van der Waals surface area contributed by atoms with Crippen molar-refractivity contribution in [2.24, 2.45) is 0 Å². The monoisotopic (exact) mass is 261 g/mol. The molecular formula is C16H23NO2. The Morgan fingerprint density at radius 1 is 1.26 bits per heavy atom. The van der Waals surface area contributed by atoms with Gasteiger partial charge in [-0.25, -0.2) is 0 Å². The van der Waals surface area contributed by atoms with E-state index in [-0.39, 0.29) is 0 Å². The predicted molar refractivity (Wildman–Crippen MR) is 78.4 cm³/mol. The highest BCUT2D eigenvalue weighted by atomic mass is 16.5. The molecule has 3 heteroatoms. The topological polar surface area (TPSA) is 34.4 Å². The second-order valence-electron chi connectivity index (χ2n) is 4.95. The van der Waals surface area contributed by atoms with Crippen LogP contribution in [-0.2, 0) is 17.7 Å². The molecule has 0 spiro atoms. The van der Waals surface area contributed by atoms with Gasteiger partial charge in [0.05, 0.1) is 12.7 Å². The van der Waals surface area contributed by atoms with Gasteiger partial charge in [-0.3, -0.25) is 0 Å². The van der Waals surface area contributed by atoms with Crippen LogP contribution in [0.1, 0.15) is 32.1 Å². The van der Waals surface area contributed by atoms with Crippen molar-refractivity contribution in [3.8, 4) is 0 Å². The van der Waals surface area contributed by atoms with E-state index in [1.165, 1.54) is 10.9 Å². The molecule has 0 amide bonds. The predicted octanol–water partition coefficient (Wildman–Crippen LogP) is 3.51. The number of para-hydroxylation sites is 1. The standard InChI is InChI=1S/C16H23NO2/c1-4-15-14(11-17-9-10-18-12(2)3)13-7-5-6-8-16(13)19-15/h5-8,12,17H,4,9-11H2,1-3H3. The maximum absolute atomic E-state index is 5.87. The molecule has 0 saturated heterocycles. The molecule has 3 nitrogen and oxygen atoms in total. The van der Waals surface area contributed by atoms with Gasteiger partial charge in [0.15, 0.2) is 0 Å². The van der Waals surface area contributed by atoms with Crippen LogP contribution in [0.3, 0.4) is 0 Å². The van der Waals surface area contributed by atoms with E-state index in [4.69, 9.17) is 9.15 Å². The first-order valence-electron chi connectivity index (χ1n) is 7.04. The molecule has 0 bridgehead atoms. The molecule has 2 aromatic rings. The van der Waals surface area contributed by atoms with E-state index in [0.29, 0.717) is 6.10 Å². The fourth-order valence-electron chi connectivity index (χ4n) is 2.21. The van der Waals surface area contributed by atoms with Gasteiger partial charge in [-0.15, -0.1) is 0 Å². The first-order valence-corrected chi connectivity index (χ1v) is 7.04. The van der Waals surface area contributed by atoms with E-state index in [0.717, 1.165) is 37.5 Å². The zero-order valence-electron chi connectivity index (χ0n) is 12.0. The van der Waals surface area contributed by atoms with Crippen LogP contribution in [0, 0.1) is 0 Å². The van der Waals surface area contributed by atoms with Crippen LogP contribution in [0.4, 0.5) is 0 Å². The Kier molecular flexibility index (Phi) is 5.00. The second-order valence-corrected chi connectivity index (χ2v) is 4.95. The average molecular weight is 261 g/mol. The van der Waals surface area contributed by atoms with Crippen LogP contribution in [0.25, 0.3) is 11.0 Å². The van der Waals surface area contributed by atoms with Crippen LogP contribution in [-0.4, -0.2) is 19.3 Å². The molecule has 0 atom stereocenters. The van der Waals surface area contributed by atoms with Gasteiger partial charge in [-0.05, 0) is 19.9 Å². The lowest BCUT2D eigenvalue weighted by Gasteiger charge is -2.08. The van der Waals surface area contributed by atoms with Crippen molar-refractivity contribution in [2.45, 2.75) is 39.8 Å². The third kappa shape index (κ3) is 3.58. The summed E-state index contributed by atoms with van der Waals surface area (Å²) in [6.07, 6.45) is 1.22. The summed E-state index contributed by atoms with van der Waals surface area (Å²) in [5, 5.41) is 4.64. The molecule has 0 aliphatic rings. The Labute approximate surface area is 114 Å². The van der Waals surface area contributed by atoms with Crippen LogP contribution in [0.2, 0.25) is 0 Å². The van der Waals surface area contributed by atoms with Gasteiger partial charge < -0.3 is 14.5 Å². The van der Waals surface area contributed by atoms with Crippen LogP contribution in [0.5, 0.6) is 0 Å². The fraction of sp³-hybridized carbons (Fsp3) is 0.500. The molecule has 19 heavy (non-hydrogen) atoms. The van der Waals surface area contributed by atoms with Crippen LogP contribution < -0.4 is 5.32 Å². The fourth-order valence-corrected chi connectivity index (χ4v) is 2.21. The number of fused-ring (bicyclic) bond motifs is 1. The van der Waals surface area contributed by atoms with Crippen LogP contribution >= 0.6 is 0 Å². The van der Waals surface area contributed by atoms with Gasteiger partial charge in [-0.2, -0.15) is 0 Å². The molecule has 2 rings (SSSR count). The molecule has 0 aliphatic carbocycles. The quantitative estimate of drug-likeness (QED) is 0.774. The Morgan fingerprint density at radius 2 is 2.05 bits per heavy atom. The van der Waals surface area contributed by atoms with Gasteiger partial charge in [-0.1, -0.05) is 25.1 Å². The van der Waals surface area contributed by atoms with Gasteiger partial charge in [0.25, 0.3) is 0 Å². The Bertz CT molecular complexity index is 516. The lowest BCUT2D eigenvalue weighted by molar-refractivity contribution is 0.0807. The third-order valence-corrected chi connectivity index (χ3v) is 3.13. The number of benzene rings is 1. The molecule has 1 N–H and O–H groups in total. The van der Waals surface area contributed by atoms with Crippen molar-refractivity contribution in [1.82, 2.24) is 5.32 Å². The van der Waals surface area contributed by atoms with E-state index in [9.17, 15) is 0 Å². The minimum Gasteiger partial charge on any atom is -0.461 e. The molecule has 0 saturated carbocycles. The SMILES string of the molecule is CCc1oc2ccccc2c1CNCCOC(C)C. The van der Waals surface area contributed by atoms with Crippen molar-refractivity contribution < 1.29 is 9.15 Å². The molecule has 1 aromatic heterocycles. The van der Waals surface area contributed by atoms with E-state index in [1.807, 2.05) is 12.1 Å². The zero-order chi connectivity index (χ0) is 13.7. The zero-order valence-corrected chi connectivity index (χ0v) is 12.0. The summed E-state index contributed by atoms with van der Waals surface area (Å²) in [5.41, 5.74) is 2.26. The maximum atomic E-state index is 5.87. The van der Waals surface area contributed by atoms with Gasteiger partial charge in [0, 0.05) is 30.5 Å². The molecular weight excluding hydrogens is 238 g/mol. The average Bonchev–Trinajstić information content (AvgIpc) is 2.76. The lowest BCUT2D eigenvalue weighted by Crippen LogP contribution is -2.21. The van der Waals surface area contributed by atoms with E-state index >= 15 is 0 Å². The number of ether oxygens (including phenoxy) is 1. The number of hydrogen-bond acceptors (Lipinski definition) is 3. The highest BCUT2D eigenvalue weighted by molar-refractivity contribution is 5.82. The molecule has 0 aliphatic heterocycles. The first kappa shape index (κ1) is 14.1. The summed E-state index contributed by atoms with van der Waals surface area (Å²) in [5.74, 6) is 1.08. The van der Waals surface area contributed by atoms with E-state index in [2.05, 4.69) is 38.2 Å². The third-order valence-electron chi connectivity index (χ3n) is 3.13. The summed E-state index contributed by atoms with van der Waals surface area (Å²) in [4.78, 5) is 0. The number of hydrogen-bond donors (Lipinski definition) is 1. The smallest absolute Gasteiger partial charge is 0.134 e. The van der Waals surface area contributed by atoms with Gasteiger partial charge in [0.2, 0.25) is 0 Å². The van der Waals surface area contributed by atoms with E-state index < -0.39 is 0 Å². The van der Waals surface area contributed by atoms with Crippen molar-refractivity contribution >= 4 is 11.0 Å². The van der Waals surface area contributed by atoms with E-state index in [1.54, 1.807) is 0 Å². The number of nitrogens with one attached hydrogen (secondary N) is 1. The number of furan rings is 1. The Balaban J connectivity index is 1.99. The molecule has 0 radical (unpaired) electrons. The van der Waals surface area contributed by atoms with Crippen molar-refractivity contribution in [2.75, 3.05) is 13.2 Å². The van der Waals surface area contributed by atoms with Crippen LogP contribution in [0.15, 0.2) is 28.7 Å². The summed E-state index contributed by atoms with van der Waals surface area (Å²) in [6, 6.07) is 8.22. The summed E-state index contributed by atoms with van der Waals surface area (Å²) < 4.78 is 11.4. The highest BCUT2D eigenvalue weighted by Gasteiger charge is 2.11. The van der Waals surface area contributed by atoms with Crippen molar-refractivity contribution in [3.05, 3.63) is 35.6 Å². The molecule has 104 valence electrons. The van der Waals surface area contributed by atoms with Crippen molar-refractivity contribution in [1.29, 1.82) is 0 Å². The molecule has 0 unspecified atom stereocenters. The number of rotatable bonds is 7. The maximum Gasteiger partial charge on any atom is 0.134 e. The Morgan fingerprint density at radius 3 is 2.79 bits per heavy atom. The largest absolute Gasteiger partial charge is 0.461 e. The second kappa shape index (κ2) is 6.73. The summed E-state index contributed by atoms with van der Waals surface area (Å²) >= 11 is 0. The molecule has 1 heterocycles. The lowest BCUT2D eigenvalue weighted by atomic mass is 10.1. The molecule has 1 aromatic carbocycles. The summed E-state index contributed by atoms with van der Waals surface area (Å²) in [6.45, 7) is 8.68. The number of aryl methyl sites for hydroxylation is 1. The first-order chi connectivity index (χ1) is 9.22. The Hall–Kier alpha value is -1.32. The van der Waals surface area contributed by atoms with Gasteiger partial charge in [0.1, 0.15) is 11.3 Å². The summed E-state index contributed by atoms with van der Waals surface area (Å²) in [7, 11) is 0.